The van der Waals surface area contributed by atoms with Gasteiger partial charge in [0.15, 0.2) is 0 Å². The number of hydrogen-bond acceptors (Lipinski definition) is 6. The lowest BCUT2D eigenvalue weighted by Crippen LogP contribution is -2.08. The fourth-order valence-corrected chi connectivity index (χ4v) is 6.11. The van der Waals surface area contributed by atoms with E-state index in [9.17, 15) is 17.6 Å². The molecule has 3 aromatic carbocycles. The van der Waals surface area contributed by atoms with Crippen LogP contribution in [0.4, 0.5) is 20.8 Å². The van der Waals surface area contributed by atoms with Crippen LogP contribution in [0.1, 0.15) is 20.8 Å². The molecular weight excluding hydrogens is 447 g/mol. The van der Waals surface area contributed by atoms with E-state index >= 15 is 0 Å². The molecular formula is C24H19FN2O3S2. The van der Waals surface area contributed by atoms with E-state index in [1.165, 1.54) is 30.3 Å². The molecule has 4 aromatic rings. The summed E-state index contributed by atoms with van der Waals surface area (Å²) in [5, 5.41) is 2.90. The van der Waals surface area contributed by atoms with Crippen LogP contribution < -0.4 is 11.1 Å². The number of benzene rings is 3. The highest BCUT2D eigenvalue weighted by Gasteiger charge is 2.32. The van der Waals surface area contributed by atoms with E-state index in [0.29, 0.717) is 5.56 Å². The van der Waals surface area contributed by atoms with Crippen LogP contribution in [-0.2, 0) is 9.84 Å². The van der Waals surface area contributed by atoms with E-state index in [4.69, 9.17) is 5.73 Å². The molecule has 1 aromatic heterocycles. The number of thiophene rings is 1. The SMILES string of the molecule is Cc1ccc(S(=O)(=O)c2c(Nc3ccccc3F)sc(C(=O)c3ccccc3)c2N)cc1. The molecule has 0 amide bonds. The molecule has 162 valence electrons. The monoisotopic (exact) mass is 466 g/mol. The molecule has 0 bridgehead atoms. The Morgan fingerprint density at radius 3 is 2.22 bits per heavy atom. The zero-order chi connectivity index (χ0) is 22.9. The molecule has 0 unspecified atom stereocenters. The first-order valence-electron chi connectivity index (χ1n) is 9.64. The third-order valence-corrected chi connectivity index (χ3v) is 7.97. The Morgan fingerprint density at radius 1 is 0.938 bits per heavy atom. The molecule has 0 fully saturated rings. The molecule has 8 heteroatoms. The smallest absolute Gasteiger partial charge is 0.211 e. The van der Waals surface area contributed by atoms with Gasteiger partial charge in [-0.2, -0.15) is 0 Å². The van der Waals surface area contributed by atoms with Crippen LogP contribution >= 0.6 is 11.3 Å². The molecule has 5 nitrogen and oxygen atoms in total. The maximum Gasteiger partial charge on any atom is 0.211 e. The quantitative estimate of drug-likeness (QED) is 0.362. The molecule has 0 saturated heterocycles. The lowest BCUT2D eigenvalue weighted by atomic mass is 10.1. The average molecular weight is 467 g/mol. The summed E-state index contributed by atoms with van der Waals surface area (Å²) in [5.74, 6) is -0.968. The fraction of sp³-hybridized carbons (Fsp3) is 0.0417. The number of sulfone groups is 1. The number of carbonyl (C=O) groups excluding carboxylic acids is 1. The van der Waals surface area contributed by atoms with Crippen molar-refractivity contribution in [1.29, 1.82) is 0 Å². The van der Waals surface area contributed by atoms with Gasteiger partial charge in [0.2, 0.25) is 15.6 Å². The number of nitrogen functional groups attached to an aromatic ring is 1. The molecule has 3 N–H and O–H groups in total. The standard InChI is InChI=1S/C24H19FN2O3S2/c1-15-11-13-17(14-12-15)32(29,30)23-20(26)22(21(28)16-7-3-2-4-8-16)31-24(23)27-19-10-6-5-9-18(19)25/h2-14,27H,26H2,1H3. The van der Waals surface area contributed by atoms with Crippen LogP contribution in [0, 0.1) is 12.7 Å². The van der Waals surface area contributed by atoms with Gasteiger partial charge < -0.3 is 11.1 Å². The molecule has 0 aliphatic heterocycles. The number of ketones is 1. The third kappa shape index (κ3) is 4.02. The Bertz CT molecular complexity index is 1400. The van der Waals surface area contributed by atoms with Crippen molar-refractivity contribution in [3.63, 3.8) is 0 Å². The first-order chi connectivity index (χ1) is 15.3. The zero-order valence-electron chi connectivity index (χ0n) is 17.0. The van der Waals surface area contributed by atoms with Crippen molar-refractivity contribution in [3.8, 4) is 0 Å². The lowest BCUT2D eigenvalue weighted by molar-refractivity contribution is 0.104. The molecule has 0 radical (unpaired) electrons. The first kappa shape index (κ1) is 21.7. The van der Waals surface area contributed by atoms with E-state index < -0.39 is 21.4 Å². The van der Waals surface area contributed by atoms with E-state index in [1.54, 1.807) is 48.5 Å². The summed E-state index contributed by atoms with van der Waals surface area (Å²) < 4.78 is 41.3. The molecule has 4 rings (SSSR count). The molecule has 1 heterocycles. The second kappa shape index (κ2) is 8.57. The number of nitrogens with one attached hydrogen (secondary N) is 1. The van der Waals surface area contributed by atoms with Gasteiger partial charge in [-0.3, -0.25) is 4.79 Å². The Morgan fingerprint density at radius 2 is 1.56 bits per heavy atom. The summed E-state index contributed by atoms with van der Waals surface area (Å²) in [7, 11) is -4.10. The number of hydrogen-bond donors (Lipinski definition) is 2. The summed E-state index contributed by atoms with van der Waals surface area (Å²) in [4.78, 5) is 13.0. The Kier molecular flexibility index (Phi) is 5.82. The highest BCUT2D eigenvalue weighted by Crippen LogP contribution is 2.44. The average Bonchev–Trinajstić information content (AvgIpc) is 3.12. The van der Waals surface area contributed by atoms with Gasteiger partial charge in [0.1, 0.15) is 20.6 Å². The van der Waals surface area contributed by atoms with Gasteiger partial charge in [-0.05, 0) is 31.2 Å². The van der Waals surface area contributed by atoms with Crippen molar-refractivity contribution in [1.82, 2.24) is 0 Å². The van der Waals surface area contributed by atoms with Gasteiger partial charge in [0.05, 0.1) is 16.3 Å². The van der Waals surface area contributed by atoms with Crippen molar-refractivity contribution < 1.29 is 17.6 Å². The highest BCUT2D eigenvalue weighted by molar-refractivity contribution is 7.92. The Labute approximate surface area is 189 Å². The van der Waals surface area contributed by atoms with Gasteiger partial charge in [-0.15, -0.1) is 11.3 Å². The molecule has 0 saturated carbocycles. The fourth-order valence-electron chi connectivity index (χ4n) is 3.19. The normalized spacial score (nSPS) is 11.3. The van der Waals surface area contributed by atoms with Crippen molar-refractivity contribution in [2.45, 2.75) is 16.7 Å². The van der Waals surface area contributed by atoms with Crippen molar-refractivity contribution in [2.75, 3.05) is 11.1 Å². The van der Waals surface area contributed by atoms with Crippen molar-refractivity contribution in [2.24, 2.45) is 0 Å². The minimum atomic E-state index is -4.10. The molecule has 0 atom stereocenters. The summed E-state index contributed by atoms with van der Waals surface area (Å²) >= 11 is 0.886. The molecule has 0 spiro atoms. The van der Waals surface area contributed by atoms with Crippen LogP contribution in [0.2, 0.25) is 0 Å². The number of aryl methyl sites for hydroxylation is 1. The highest BCUT2D eigenvalue weighted by atomic mass is 32.2. The second-order valence-electron chi connectivity index (χ2n) is 7.12. The van der Waals surface area contributed by atoms with Crippen LogP contribution in [0.15, 0.2) is 88.7 Å². The summed E-state index contributed by atoms with van der Waals surface area (Å²) in [6.07, 6.45) is 0. The maximum absolute atomic E-state index is 14.3. The Hall–Kier alpha value is -3.49. The van der Waals surface area contributed by atoms with Gasteiger partial charge in [0.25, 0.3) is 0 Å². The van der Waals surface area contributed by atoms with Gasteiger partial charge in [0, 0.05) is 5.56 Å². The third-order valence-electron chi connectivity index (χ3n) is 4.86. The van der Waals surface area contributed by atoms with Crippen LogP contribution in [0.5, 0.6) is 0 Å². The number of halogens is 1. The van der Waals surface area contributed by atoms with Crippen LogP contribution in [-0.4, -0.2) is 14.2 Å². The van der Waals surface area contributed by atoms with E-state index in [-0.39, 0.29) is 31.0 Å². The van der Waals surface area contributed by atoms with E-state index in [0.717, 1.165) is 16.9 Å². The van der Waals surface area contributed by atoms with E-state index in [1.807, 2.05) is 6.92 Å². The summed E-state index contributed by atoms with van der Waals surface area (Å²) in [6.45, 7) is 1.84. The summed E-state index contributed by atoms with van der Waals surface area (Å²) in [6, 6.07) is 20.6. The van der Waals surface area contributed by atoms with Crippen LogP contribution in [0.3, 0.4) is 0 Å². The second-order valence-corrected chi connectivity index (χ2v) is 10.0. The lowest BCUT2D eigenvalue weighted by Gasteiger charge is -2.10. The molecule has 32 heavy (non-hydrogen) atoms. The van der Waals surface area contributed by atoms with Crippen molar-refractivity contribution >= 4 is 43.3 Å². The largest absolute Gasteiger partial charge is 0.396 e. The first-order valence-corrected chi connectivity index (χ1v) is 11.9. The number of carbonyl (C=O) groups is 1. The number of nitrogens with two attached hydrogens (primary N) is 1. The predicted octanol–water partition coefficient (Wildman–Crippen LogP) is 5.59. The van der Waals surface area contributed by atoms with Gasteiger partial charge in [-0.1, -0.05) is 60.2 Å². The maximum atomic E-state index is 14.3. The van der Waals surface area contributed by atoms with E-state index in [2.05, 4.69) is 5.32 Å². The van der Waals surface area contributed by atoms with Crippen molar-refractivity contribution in [3.05, 3.63) is 101 Å². The summed E-state index contributed by atoms with van der Waals surface area (Å²) in [5.41, 5.74) is 7.44. The zero-order valence-corrected chi connectivity index (χ0v) is 18.6. The predicted molar refractivity (Wildman–Crippen MR) is 125 cm³/mol. The number of rotatable bonds is 6. The number of para-hydroxylation sites is 1. The van der Waals surface area contributed by atoms with Gasteiger partial charge in [-0.25, -0.2) is 12.8 Å². The minimum absolute atomic E-state index is 0.0305. The minimum Gasteiger partial charge on any atom is -0.396 e. The topological polar surface area (TPSA) is 89.3 Å². The Balaban J connectivity index is 1.90. The van der Waals surface area contributed by atoms with Gasteiger partial charge >= 0.3 is 0 Å². The molecule has 0 aliphatic rings. The van der Waals surface area contributed by atoms with Crippen LogP contribution in [0.25, 0.3) is 0 Å². The number of anilines is 3. The molecule has 0 aliphatic carbocycles.